The summed E-state index contributed by atoms with van der Waals surface area (Å²) in [7, 11) is 0. The quantitative estimate of drug-likeness (QED) is 0.788. The van der Waals surface area contributed by atoms with Gasteiger partial charge in [-0.1, -0.05) is 30.3 Å². The lowest BCUT2D eigenvalue weighted by Gasteiger charge is -2.38. The molecule has 0 spiro atoms. The Kier molecular flexibility index (Phi) is 4.13. The number of aromatic nitrogens is 3. The van der Waals surface area contributed by atoms with Crippen molar-refractivity contribution in [2.45, 2.75) is 19.1 Å². The fourth-order valence-electron chi connectivity index (χ4n) is 2.96. The maximum absolute atomic E-state index is 9.41. The van der Waals surface area contributed by atoms with Gasteiger partial charge in [0.2, 0.25) is 0 Å². The third-order valence-corrected chi connectivity index (χ3v) is 5.10. The van der Waals surface area contributed by atoms with Crippen LogP contribution in [0.5, 0.6) is 0 Å². The molecule has 6 nitrogen and oxygen atoms in total. The number of rotatable bonds is 3. The summed E-state index contributed by atoms with van der Waals surface area (Å²) in [4.78, 5) is 11.2. The molecule has 1 saturated heterocycles. The number of ether oxygens (including phenoxy) is 1. The Bertz CT molecular complexity index is 839. The van der Waals surface area contributed by atoms with Crippen LogP contribution in [0.3, 0.4) is 0 Å². The minimum absolute atomic E-state index is 0.00933. The average Bonchev–Trinajstić information content (AvgIpc) is 3.07. The second-order valence-corrected chi connectivity index (χ2v) is 6.68. The zero-order valence-electron chi connectivity index (χ0n) is 13.3. The third-order valence-electron chi connectivity index (χ3n) is 4.27. The number of aliphatic hydroxyl groups excluding tert-OH is 1. The molecular formula is C17H18N4O2S. The highest BCUT2D eigenvalue weighted by Crippen LogP contribution is 2.35. The van der Waals surface area contributed by atoms with Crippen LogP contribution in [0.1, 0.15) is 6.92 Å². The molecule has 3 heterocycles. The molecule has 2 unspecified atom stereocenters. The summed E-state index contributed by atoms with van der Waals surface area (Å²) in [6.45, 7) is 3.29. The minimum atomic E-state index is -0.187. The van der Waals surface area contributed by atoms with Gasteiger partial charge < -0.3 is 14.7 Å². The van der Waals surface area contributed by atoms with E-state index in [1.807, 2.05) is 30.3 Å². The molecule has 0 aliphatic carbocycles. The van der Waals surface area contributed by atoms with Gasteiger partial charge in [-0.15, -0.1) is 0 Å². The first-order valence-electron chi connectivity index (χ1n) is 7.93. The van der Waals surface area contributed by atoms with Gasteiger partial charge in [0, 0.05) is 12.1 Å². The fraction of sp³-hybridized carbons (Fsp3) is 0.353. The number of nitrogens with zero attached hydrogens (tertiary/aromatic N) is 4. The Morgan fingerprint density at radius 1 is 1.29 bits per heavy atom. The van der Waals surface area contributed by atoms with Crippen molar-refractivity contribution in [1.82, 2.24) is 14.3 Å². The normalized spacial score (nSPS) is 21.3. The van der Waals surface area contributed by atoms with Crippen LogP contribution in [0, 0.1) is 0 Å². The molecule has 1 fully saturated rings. The van der Waals surface area contributed by atoms with Crippen LogP contribution in [0.15, 0.2) is 36.7 Å². The predicted molar refractivity (Wildman–Crippen MR) is 94.3 cm³/mol. The van der Waals surface area contributed by atoms with Crippen molar-refractivity contribution in [2.24, 2.45) is 0 Å². The fourth-order valence-corrected chi connectivity index (χ4v) is 3.83. The zero-order valence-corrected chi connectivity index (χ0v) is 14.1. The Labute approximate surface area is 143 Å². The average molecular weight is 342 g/mol. The molecule has 124 valence electrons. The van der Waals surface area contributed by atoms with Gasteiger partial charge in [0.25, 0.3) is 0 Å². The minimum Gasteiger partial charge on any atom is -0.394 e. The van der Waals surface area contributed by atoms with Crippen LogP contribution in [-0.4, -0.2) is 51.4 Å². The zero-order chi connectivity index (χ0) is 16.5. The highest BCUT2D eigenvalue weighted by molar-refractivity contribution is 7.14. The smallest absolute Gasteiger partial charge is 0.152 e. The maximum Gasteiger partial charge on any atom is 0.152 e. The van der Waals surface area contributed by atoms with Crippen molar-refractivity contribution in [3.63, 3.8) is 0 Å². The highest BCUT2D eigenvalue weighted by Gasteiger charge is 2.29. The summed E-state index contributed by atoms with van der Waals surface area (Å²) in [6.07, 6.45) is 1.40. The van der Waals surface area contributed by atoms with E-state index in [1.165, 1.54) is 11.5 Å². The van der Waals surface area contributed by atoms with Gasteiger partial charge in [0.05, 0.1) is 25.4 Å². The molecule has 4 rings (SSSR count). The van der Waals surface area contributed by atoms with Crippen molar-refractivity contribution in [1.29, 1.82) is 0 Å². The van der Waals surface area contributed by atoms with Gasteiger partial charge in [-0.05, 0) is 18.5 Å². The summed E-state index contributed by atoms with van der Waals surface area (Å²) < 4.78 is 11.2. The molecule has 0 amide bonds. The van der Waals surface area contributed by atoms with Crippen LogP contribution in [0.2, 0.25) is 0 Å². The van der Waals surface area contributed by atoms with Crippen LogP contribution < -0.4 is 4.90 Å². The number of hydrogen-bond acceptors (Lipinski definition) is 7. The van der Waals surface area contributed by atoms with Crippen molar-refractivity contribution >= 4 is 27.6 Å². The van der Waals surface area contributed by atoms with Gasteiger partial charge in [0.15, 0.2) is 5.82 Å². The summed E-state index contributed by atoms with van der Waals surface area (Å²) in [6, 6.07) is 10.2. The first-order valence-corrected chi connectivity index (χ1v) is 8.70. The summed E-state index contributed by atoms with van der Waals surface area (Å²) in [5.41, 5.74) is 2.81. The molecule has 1 aromatic carbocycles. The van der Waals surface area contributed by atoms with Crippen LogP contribution >= 0.6 is 11.5 Å². The van der Waals surface area contributed by atoms with E-state index in [0.717, 1.165) is 27.3 Å². The first kappa shape index (κ1) is 15.4. The van der Waals surface area contributed by atoms with E-state index < -0.39 is 0 Å². The van der Waals surface area contributed by atoms with Crippen molar-refractivity contribution in [3.8, 4) is 11.3 Å². The summed E-state index contributed by atoms with van der Waals surface area (Å²) in [5, 5.41) is 9.41. The number of hydrogen-bond donors (Lipinski definition) is 1. The van der Waals surface area contributed by atoms with Gasteiger partial charge in [-0.3, -0.25) is 0 Å². The molecule has 0 bridgehead atoms. The monoisotopic (exact) mass is 342 g/mol. The van der Waals surface area contributed by atoms with Gasteiger partial charge >= 0.3 is 0 Å². The Morgan fingerprint density at radius 3 is 2.92 bits per heavy atom. The Balaban J connectivity index is 1.79. The molecule has 3 aromatic rings. The lowest BCUT2D eigenvalue weighted by Crippen LogP contribution is -2.50. The number of fused-ring (bicyclic) bond motifs is 1. The van der Waals surface area contributed by atoms with E-state index in [2.05, 4.69) is 26.2 Å². The van der Waals surface area contributed by atoms with E-state index in [9.17, 15) is 5.11 Å². The summed E-state index contributed by atoms with van der Waals surface area (Å²) in [5.74, 6) is 0.869. The molecule has 7 heteroatoms. The third kappa shape index (κ3) is 2.64. The van der Waals surface area contributed by atoms with Gasteiger partial charge in [-0.25, -0.2) is 9.97 Å². The van der Waals surface area contributed by atoms with E-state index in [4.69, 9.17) is 4.74 Å². The van der Waals surface area contributed by atoms with Gasteiger partial charge in [0.1, 0.15) is 22.2 Å². The topological polar surface area (TPSA) is 71.4 Å². The molecule has 24 heavy (non-hydrogen) atoms. The molecule has 2 atom stereocenters. The number of benzene rings is 1. The number of aliphatic hydroxyl groups is 1. The molecule has 1 aliphatic heterocycles. The highest BCUT2D eigenvalue weighted by atomic mass is 32.1. The summed E-state index contributed by atoms with van der Waals surface area (Å²) >= 11 is 1.42. The van der Waals surface area contributed by atoms with E-state index in [0.29, 0.717) is 13.2 Å². The van der Waals surface area contributed by atoms with Crippen molar-refractivity contribution in [2.75, 3.05) is 24.7 Å². The van der Waals surface area contributed by atoms with E-state index in [1.54, 1.807) is 6.33 Å². The van der Waals surface area contributed by atoms with Crippen molar-refractivity contribution < 1.29 is 9.84 Å². The van der Waals surface area contributed by atoms with Crippen molar-refractivity contribution in [3.05, 3.63) is 36.7 Å². The first-order chi connectivity index (χ1) is 11.8. The Morgan fingerprint density at radius 2 is 2.12 bits per heavy atom. The Hall–Kier alpha value is -2.09. The SMILES string of the molecule is CC1COC(CO)CN1c1ncnc2c(-c3ccccc3)nsc12. The number of morpholine rings is 1. The standard InChI is InChI=1S/C17H18N4O2S/c1-11-9-23-13(8-22)7-21(11)17-16-15(18-10-19-17)14(20-24-16)12-5-3-2-4-6-12/h2-6,10-11,13,22H,7-9H2,1H3. The lowest BCUT2D eigenvalue weighted by atomic mass is 10.1. The van der Waals surface area contributed by atoms with E-state index >= 15 is 0 Å². The molecule has 1 aliphatic rings. The number of anilines is 1. The van der Waals surface area contributed by atoms with Crippen LogP contribution in [0.4, 0.5) is 5.82 Å². The second kappa shape index (κ2) is 6.43. The second-order valence-electron chi connectivity index (χ2n) is 5.91. The molecule has 0 saturated carbocycles. The molecular weight excluding hydrogens is 324 g/mol. The maximum atomic E-state index is 9.41. The molecule has 2 aromatic heterocycles. The van der Waals surface area contributed by atoms with Gasteiger partial charge in [-0.2, -0.15) is 4.37 Å². The molecule has 0 radical (unpaired) electrons. The largest absolute Gasteiger partial charge is 0.394 e. The van der Waals surface area contributed by atoms with Crippen LogP contribution in [-0.2, 0) is 4.74 Å². The van der Waals surface area contributed by atoms with E-state index in [-0.39, 0.29) is 18.8 Å². The van der Waals surface area contributed by atoms with Crippen LogP contribution in [0.25, 0.3) is 21.5 Å². The predicted octanol–water partition coefficient (Wildman–Crippen LogP) is 2.34. The lowest BCUT2D eigenvalue weighted by molar-refractivity contribution is -0.0104. The molecule has 1 N–H and O–H groups in total.